The molecule has 0 aromatic heterocycles. The second kappa shape index (κ2) is 5.45. The van der Waals surface area contributed by atoms with Crippen molar-refractivity contribution in [2.24, 2.45) is 0 Å². The molecule has 2 aromatic carbocycles. The highest BCUT2D eigenvalue weighted by Crippen LogP contribution is 2.40. The number of para-hydroxylation sites is 1. The number of carbonyl (C=O) groups excluding carboxylic acids is 2. The lowest BCUT2D eigenvalue weighted by Crippen LogP contribution is -2.39. The Morgan fingerprint density at radius 3 is 2.52 bits per heavy atom. The molecular formula is C17H14BrNO2. The van der Waals surface area contributed by atoms with Crippen molar-refractivity contribution in [3.63, 3.8) is 0 Å². The van der Waals surface area contributed by atoms with Crippen LogP contribution in [0.4, 0.5) is 5.69 Å². The third kappa shape index (κ3) is 2.40. The molecule has 0 radical (unpaired) electrons. The number of nitrogens with zero attached hydrogens (tertiary/aromatic N) is 1. The van der Waals surface area contributed by atoms with E-state index in [-0.39, 0.29) is 17.7 Å². The van der Waals surface area contributed by atoms with E-state index in [1.54, 1.807) is 11.0 Å². The summed E-state index contributed by atoms with van der Waals surface area (Å²) in [4.78, 5) is 26.3. The van der Waals surface area contributed by atoms with Gasteiger partial charge in [0.1, 0.15) is 0 Å². The summed E-state index contributed by atoms with van der Waals surface area (Å²) in [5.74, 6) is 0.0135. The molecule has 1 atom stereocenters. The Bertz CT molecular complexity index is 726. The van der Waals surface area contributed by atoms with Gasteiger partial charge in [-0.3, -0.25) is 9.59 Å². The van der Waals surface area contributed by atoms with Gasteiger partial charge in [0.25, 0.3) is 0 Å². The van der Waals surface area contributed by atoms with E-state index >= 15 is 0 Å². The predicted molar refractivity (Wildman–Crippen MR) is 85.4 cm³/mol. The molecule has 1 heterocycles. The summed E-state index contributed by atoms with van der Waals surface area (Å²) >= 11 is 3.52. The highest BCUT2D eigenvalue weighted by molar-refractivity contribution is 9.10. The zero-order chi connectivity index (χ0) is 15.0. The van der Waals surface area contributed by atoms with Gasteiger partial charge < -0.3 is 4.90 Å². The number of fused-ring (bicyclic) bond motifs is 1. The smallest absolute Gasteiger partial charge is 0.224 e. The van der Waals surface area contributed by atoms with Gasteiger partial charge in [-0.1, -0.05) is 46.3 Å². The van der Waals surface area contributed by atoms with Crippen LogP contribution in [0.5, 0.6) is 0 Å². The molecule has 0 saturated heterocycles. The van der Waals surface area contributed by atoms with Gasteiger partial charge in [0.15, 0.2) is 5.78 Å². The normalized spacial score (nSPS) is 17.5. The van der Waals surface area contributed by atoms with Gasteiger partial charge in [0.05, 0.1) is 11.7 Å². The van der Waals surface area contributed by atoms with Gasteiger partial charge in [-0.15, -0.1) is 0 Å². The first-order valence-corrected chi connectivity index (χ1v) is 7.55. The Hall–Kier alpha value is -1.94. The Kier molecular flexibility index (Phi) is 3.64. The molecule has 4 heteroatoms. The number of benzene rings is 2. The number of hydrogen-bond donors (Lipinski definition) is 0. The molecule has 21 heavy (non-hydrogen) atoms. The summed E-state index contributed by atoms with van der Waals surface area (Å²) in [7, 11) is 0. The van der Waals surface area contributed by atoms with Crippen molar-refractivity contribution in [3.8, 4) is 0 Å². The van der Waals surface area contributed by atoms with Crippen molar-refractivity contribution in [2.75, 3.05) is 4.90 Å². The maximum Gasteiger partial charge on any atom is 0.224 e. The molecule has 0 spiro atoms. The molecule has 3 nitrogen and oxygen atoms in total. The molecule has 106 valence electrons. The number of ketones is 1. The minimum Gasteiger partial charge on any atom is -0.304 e. The van der Waals surface area contributed by atoms with Gasteiger partial charge in [0, 0.05) is 23.4 Å². The van der Waals surface area contributed by atoms with Gasteiger partial charge in [-0.05, 0) is 23.8 Å². The van der Waals surface area contributed by atoms with E-state index in [1.807, 2.05) is 42.5 Å². The summed E-state index contributed by atoms with van der Waals surface area (Å²) in [5, 5.41) is 0. The molecular weight excluding hydrogens is 330 g/mol. The minimum absolute atomic E-state index is 0.0595. The lowest BCUT2D eigenvalue weighted by atomic mass is 9.90. The van der Waals surface area contributed by atoms with E-state index in [2.05, 4.69) is 15.9 Å². The van der Waals surface area contributed by atoms with Crippen molar-refractivity contribution < 1.29 is 9.59 Å². The van der Waals surface area contributed by atoms with Crippen molar-refractivity contribution in [1.29, 1.82) is 0 Å². The Balaban J connectivity index is 2.17. The molecule has 0 bridgehead atoms. The van der Waals surface area contributed by atoms with Crippen LogP contribution in [0.3, 0.4) is 0 Å². The second-order valence-corrected chi connectivity index (χ2v) is 5.93. The standard InChI is InChI=1S/C17H14BrNO2/c1-11(20)19-15-9-5-3-7-13(15)17(21)10-16(19)12-6-2-4-8-14(12)18/h2-9,16H,10H2,1H3. The summed E-state index contributed by atoms with van der Waals surface area (Å²) in [6.45, 7) is 1.54. The molecule has 1 unspecified atom stereocenters. The number of amides is 1. The van der Waals surface area contributed by atoms with Crippen LogP contribution in [0, 0.1) is 0 Å². The zero-order valence-corrected chi connectivity index (χ0v) is 13.1. The van der Waals surface area contributed by atoms with Crippen molar-refractivity contribution in [2.45, 2.75) is 19.4 Å². The molecule has 2 aromatic rings. The number of hydrogen-bond acceptors (Lipinski definition) is 2. The SMILES string of the molecule is CC(=O)N1c2ccccc2C(=O)CC1c1ccccc1Br. The molecule has 3 rings (SSSR count). The molecule has 0 N–H and O–H groups in total. The van der Waals surface area contributed by atoms with E-state index in [4.69, 9.17) is 0 Å². The van der Waals surface area contributed by atoms with Crippen molar-refractivity contribution in [1.82, 2.24) is 0 Å². The minimum atomic E-state index is -0.263. The number of carbonyl (C=O) groups is 2. The lowest BCUT2D eigenvalue weighted by Gasteiger charge is -2.36. The third-order valence-corrected chi connectivity index (χ3v) is 4.48. The average molecular weight is 344 g/mol. The third-order valence-electron chi connectivity index (χ3n) is 3.76. The van der Waals surface area contributed by atoms with Gasteiger partial charge in [-0.2, -0.15) is 0 Å². The van der Waals surface area contributed by atoms with Crippen LogP contribution in [0.2, 0.25) is 0 Å². The first-order valence-electron chi connectivity index (χ1n) is 6.76. The summed E-state index contributed by atoms with van der Waals surface area (Å²) in [5.41, 5.74) is 2.27. The molecule has 1 aliphatic rings. The van der Waals surface area contributed by atoms with Crippen LogP contribution >= 0.6 is 15.9 Å². The molecule has 0 aliphatic carbocycles. The van der Waals surface area contributed by atoms with Gasteiger partial charge in [-0.25, -0.2) is 0 Å². The molecule has 0 fully saturated rings. The Morgan fingerprint density at radius 2 is 1.81 bits per heavy atom. The van der Waals surface area contributed by atoms with Crippen LogP contribution in [-0.2, 0) is 4.79 Å². The van der Waals surface area contributed by atoms with Crippen LogP contribution in [0.1, 0.15) is 35.3 Å². The zero-order valence-electron chi connectivity index (χ0n) is 11.5. The first-order chi connectivity index (χ1) is 10.1. The van der Waals surface area contributed by atoms with Crippen LogP contribution < -0.4 is 4.90 Å². The topological polar surface area (TPSA) is 37.4 Å². The molecule has 0 saturated carbocycles. The Labute approximate surface area is 131 Å². The first kappa shape index (κ1) is 14.0. The van der Waals surface area contributed by atoms with Crippen LogP contribution in [-0.4, -0.2) is 11.7 Å². The fourth-order valence-electron chi connectivity index (χ4n) is 2.85. The maximum absolute atomic E-state index is 12.4. The van der Waals surface area contributed by atoms with Crippen LogP contribution in [0.25, 0.3) is 0 Å². The fourth-order valence-corrected chi connectivity index (χ4v) is 3.40. The van der Waals surface area contributed by atoms with E-state index in [0.29, 0.717) is 17.7 Å². The number of halogens is 1. The fraction of sp³-hybridized carbons (Fsp3) is 0.176. The molecule has 1 aliphatic heterocycles. The quantitative estimate of drug-likeness (QED) is 0.780. The largest absolute Gasteiger partial charge is 0.304 e. The summed E-state index contributed by atoms with van der Waals surface area (Å²) in [6, 6.07) is 14.7. The van der Waals surface area contributed by atoms with E-state index in [9.17, 15) is 9.59 Å². The van der Waals surface area contributed by atoms with Crippen molar-refractivity contribution in [3.05, 3.63) is 64.1 Å². The van der Waals surface area contributed by atoms with Crippen LogP contribution in [0.15, 0.2) is 53.0 Å². The van der Waals surface area contributed by atoms with Gasteiger partial charge in [0.2, 0.25) is 5.91 Å². The van der Waals surface area contributed by atoms with Gasteiger partial charge >= 0.3 is 0 Å². The highest BCUT2D eigenvalue weighted by atomic mass is 79.9. The van der Waals surface area contributed by atoms with E-state index in [0.717, 1.165) is 10.0 Å². The lowest BCUT2D eigenvalue weighted by molar-refractivity contribution is -0.117. The van der Waals surface area contributed by atoms with Crippen molar-refractivity contribution >= 4 is 33.3 Å². The Morgan fingerprint density at radius 1 is 1.14 bits per heavy atom. The maximum atomic E-state index is 12.4. The van der Waals surface area contributed by atoms with E-state index in [1.165, 1.54) is 6.92 Å². The summed E-state index contributed by atoms with van der Waals surface area (Å²) in [6.07, 6.45) is 0.305. The predicted octanol–water partition coefficient (Wildman–Crippen LogP) is 4.13. The second-order valence-electron chi connectivity index (χ2n) is 5.07. The number of anilines is 1. The number of rotatable bonds is 1. The monoisotopic (exact) mass is 343 g/mol. The highest BCUT2D eigenvalue weighted by Gasteiger charge is 2.35. The average Bonchev–Trinajstić information content (AvgIpc) is 2.47. The summed E-state index contributed by atoms with van der Waals surface area (Å²) < 4.78 is 0.911. The number of Topliss-reactive ketones (excluding diaryl/α,β-unsaturated/α-hetero) is 1. The van der Waals surface area contributed by atoms with E-state index < -0.39 is 0 Å². The molecule has 1 amide bonds.